The Morgan fingerprint density at radius 3 is 1.79 bits per heavy atom. The Labute approximate surface area is 303 Å². The van der Waals surface area contributed by atoms with Crippen molar-refractivity contribution in [1.29, 1.82) is 0 Å². The Morgan fingerprint density at radius 2 is 1.29 bits per heavy atom. The molecule has 5 rings (SSSR count). The molecule has 10 nitrogen and oxygen atoms in total. The van der Waals surface area contributed by atoms with Crippen LogP contribution in [0.1, 0.15) is 34.1 Å². The SMILES string of the molecule is C=CCOC(=O)O[C@H](C)[C@H]1C(O)N(C(C(=O)OCC=C)=P(c2ccccc2)(c2ccccc2)c2ccccc2)[C@@H]1CC(=O)c1cccc(C(N)=O)c1. The molecule has 0 bridgehead atoms. The van der Waals surface area contributed by atoms with Crippen LogP contribution in [0.5, 0.6) is 0 Å². The van der Waals surface area contributed by atoms with E-state index in [0.29, 0.717) is 0 Å². The van der Waals surface area contributed by atoms with Crippen molar-refractivity contribution in [2.24, 2.45) is 11.7 Å². The highest BCUT2D eigenvalue weighted by Gasteiger charge is 2.57. The van der Waals surface area contributed by atoms with E-state index >= 15 is 0 Å². The lowest BCUT2D eigenvalue weighted by Gasteiger charge is -2.55. The average Bonchev–Trinajstić information content (AvgIpc) is 3.17. The molecule has 4 atom stereocenters. The maximum absolute atomic E-state index is 14.8. The van der Waals surface area contributed by atoms with Crippen molar-refractivity contribution in [3.05, 3.63) is 152 Å². The fourth-order valence-corrected chi connectivity index (χ4v) is 11.1. The number of rotatable bonds is 15. The van der Waals surface area contributed by atoms with E-state index in [1.807, 2.05) is 91.0 Å². The predicted octanol–water partition coefficient (Wildman–Crippen LogP) is 4.56. The summed E-state index contributed by atoms with van der Waals surface area (Å²) in [5, 5.41) is 14.6. The van der Waals surface area contributed by atoms with Crippen LogP contribution in [-0.4, -0.2) is 70.8 Å². The van der Waals surface area contributed by atoms with Crippen LogP contribution < -0.4 is 21.6 Å². The zero-order valence-electron chi connectivity index (χ0n) is 28.7. The number of amides is 1. The first kappa shape index (κ1) is 37.7. The van der Waals surface area contributed by atoms with E-state index < -0.39 is 55.0 Å². The summed E-state index contributed by atoms with van der Waals surface area (Å²) in [6.07, 6.45) is -0.762. The third kappa shape index (κ3) is 7.70. The lowest BCUT2D eigenvalue weighted by atomic mass is 9.78. The zero-order chi connectivity index (χ0) is 37.3. The smallest absolute Gasteiger partial charge is 0.457 e. The minimum atomic E-state index is -3.23. The number of aliphatic hydroxyl groups excluding tert-OH is 1. The summed E-state index contributed by atoms with van der Waals surface area (Å²) in [5.74, 6) is -2.67. The van der Waals surface area contributed by atoms with Crippen LogP contribution >= 0.6 is 6.89 Å². The molecule has 11 heteroatoms. The van der Waals surface area contributed by atoms with E-state index in [2.05, 4.69) is 13.2 Å². The van der Waals surface area contributed by atoms with Crippen molar-refractivity contribution in [3.8, 4) is 0 Å². The molecular formula is C41H41N2O8P. The molecule has 0 spiro atoms. The van der Waals surface area contributed by atoms with Gasteiger partial charge in [0.05, 0.1) is 5.92 Å². The Hall–Kier alpha value is -5.54. The monoisotopic (exact) mass is 720 g/mol. The van der Waals surface area contributed by atoms with Gasteiger partial charge in [-0.1, -0.05) is 128 Å². The second-order valence-corrected chi connectivity index (χ2v) is 15.4. The number of carbonyl (C=O) groups is 4. The highest BCUT2D eigenvalue weighted by molar-refractivity contribution is 7.96. The van der Waals surface area contributed by atoms with Crippen LogP contribution in [0, 0.1) is 5.92 Å². The topological polar surface area (TPSA) is 145 Å². The largest absolute Gasteiger partial charge is 0.508 e. The lowest BCUT2D eigenvalue weighted by Crippen LogP contribution is -2.71. The number of hydrogen-bond donors (Lipinski definition) is 2. The van der Waals surface area contributed by atoms with E-state index in [0.717, 1.165) is 15.9 Å². The Bertz CT molecular complexity index is 1880. The molecule has 1 unspecified atom stereocenters. The number of nitrogens with two attached hydrogens (primary N) is 1. The molecule has 4 aromatic carbocycles. The Kier molecular flexibility index (Phi) is 12.4. The number of hydrogen-bond acceptors (Lipinski definition) is 8. The highest BCUT2D eigenvalue weighted by Crippen LogP contribution is 2.51. The van der Waals surface area contributed by atoms with Gasteiger partial charge in [-0.2, -0.15) is 0 Å². The van der Waals surface area contributed by atoms with Crippen molar-refractivity contribution in [2.75, 3.05) is 13.2 Å². The van der Waals surface area contributed by atoms with E-state index in [1.165, 1.54) is 24.3 Å². The third-order valence-corrected chi connectivity index (χ3v) is 13.2. The molecule has 0 radical (unpaired) electrons. The molecule has 0 aliphatic carbocycles. The Balaban J connectivity index is 1.80. The van der Waals surface area contributed by atoms with Crippen LogP contribution in [0.2, 0.25) is 0 Å². The van der Waals surface area contributed by atoms with Gasteiger partial charge >= 0.3 is 12.1 Å². The fraction of sp³-hybridized carbons (Fsp3) is 0.195. The molecule has 1 heterocycles. The summed E-state index contributed by atoms with van der Waals surface area (Å²) >= 11 is 0. The minimum absolute atomic E-state index is 0.0890. The molecule has 268 valence electrons. The first-order valence-electron chi connectivity index (χ1n) is 16.7. The van der Waals surface area contributed by atoms with E-state index in [-0.39, 0.29) is 36.2 Å². The maximum atomic E-state index is 14.8. The molecule has 4 aromatic rings. The average molecular weight is 721 g/mol. The first-order valence-corrected chi connectivity index (χ1v) is 18.5. The number of nitrogens with zero attached hydrogens (tertiary/aromatic N) is 1. The van der Waals surface area contributed by atoms with E-state index in [9.17, 15) is 24.3 Å². The van der Waals surface area contributed by atoms with Crippen LogP contribution in [-0.2, 0) is 19.0 Å². The van der Waals surface area contributed by atoms with Gasteiger partial charge < -0.3 is 25.1 Å². The molecule has 1 saturated heterocycles. The van der Waals surface area contributed by atoms with Gasteiger partial charge in [0.15, 0.2) is 5.78 Å². The van der Waals surface area contributed by atoms with Crippen molar-refractivity contribution < 1.29 is 38.5 Å². The van der Waals surface area contributed by atoms with E-state index in [1.54, 1.807) is 24.0 Å². The van der Waals surface area contributed by atoms with Crippen LogP contribution in [0.25, 0.3) is 0 Å². The maximum Gasteiger partial charge on any atom is 0.508 e. The van der Waals surface area contributed by atoms with Gasteiger partial charge in [0.2, 0.25) is 5.91 Å². The molecule has 3 N–H and O–H groups in total. The van der Waals surface area contributed by atoms with Gasteiger partial charge in [-0.25, -0.2) is 14.5 Å². The summed E-state index contributed by atoms with van der Waals surface area (Å²) in [7, 11) is 0. The Morgan fingerprint density at radius 1 is 0.788 bits per heavy atom. The molecule has 1 amide bonds. The van der Waals surface area contributed by atoms with Crippen molar-refractivity contribution in [1.82, 2.24) is 4.90 Å². The standard InChI is InChI=1S/C41H41N2O8P/c1-4-24-49-40(47)39(52(31-18-9-6-10-19-31,32-20-11-7-12-21-32)33-22-13-8-14-23-33)43-34(27-35(44)29-16-15-17-30(26-29)37(42)45)36(38(43)46)28(3)51-41(48)50-25-5-2/h4-23,26,28,34,36,38,46H,1-2,24-25,27H2,3H3,(H2,42,45)/t28-,34-,36-,38?/m1/s1. The molecule has 0 saturated carbocycles. The highest BCUT2D eigenvalue weighted by atomic mass is 31.2. The summed E-state index contributed by atoms with van der Waals surface area (Å²) in [4.78, 5) is 55.0. The number of esters is 1. The van der Waals surface area contributed by atoms with Gasteiger partial charge in [-0.05, 0) is 35.0 Å². The summed E-state index contributed by atoms with van der Waals surface area (Å²) in [6.45, 7) is 5.43. The van der Waals surface area contributed by atoms with Crippen molar-refractivity contribution in [3.63, 3.8) is 0 Å². The van der Waals surface area contributed by atoms with Crippen LogP contribution in [0.15, 0.2) is 141 Å². The van der Waals surface area contributed by atoms with Crippen molar-refractivity contribution in [2.45, 2.75) is 31.7 Å². The fourth-order valence-electron chi connectivity index (χ4n) is 6.66. The molecule has 1 aliphatic heterocycles. The number of Topliss-reactive ketones (excluding diaryl/α,β-unsaturated/α-hetero) is 1. The number of primary amides is 1. The molecule has 52 heavy (non-hydrogen) atoms. The number of benzene rings is 4. The number of likely N-dealkylation sites (tertiary alicyclic amines) is 1. The second-order valence-electron chi connectivity index (χ2n) is 12.1. The molecule has 1 aliphatic rings. The number of aliphatic hydroxyl groups is 1. The minimum Gasteiger partial charge on any atom is -0.457 e. The van der Waals surface area contributed by atoms with Crippen LogP contribution in [0.4, 0.5) is 4.79 Å². The first-order chi connectivity index (χ1) is 25.1. The number of ether oxygens (including phenoxy) is 3. The van der Waals surface area contributed by atoms with Gasteiger partial charge in [0, 0.05) is 30.5 Å². The number of ketones is 1. The molecular weight excluding hydrogens is 679 g/mol. The molecule has 1 fully saturated rings. The normalized spacial score (nSPS) is 17.5. The van der Waals surface area contributed by atoms with Crippen LogP contribution in [0.3, 0.4) is 0 Å². The quantitative estimate of drug-likeness (QED) is 0.0782. The summed E-state index contributed by atoms with van der Waals surface area (Å²) < 4.78 is 16.5. The van der Waals surface area contributed by atoms with Gasteiger partial charge in [-0.3, -0.25) is 9.59 Å². The lowest BCUT2D eigenvalue weighted by molar-refractivity contribution is -0.174. The van der Waals surface area contributed by atoms with Gasteiger partial charge in [0.25, 0.3) is 0 Å². The third-order valence-electron chi connectivity index (χ3n) is 8.95. The van der Waals surface area contributed by atoms with E-state index in [4.69, 9.17) is 19.9 Å². The zero-order valence-corrected chi connectivity index (χ0v) is 29.6. The van der Waals surface area contributed by atoms with Crippen molar-refractivity contribution >= 4 is 52.0 Å². The molecule has 0 aromatic heterocycles. The second kappa shape index (κ2) is 17.1. The predicted molar refractivity (Wildman–Crippen MR) is 202 cm³/mol. The summed E-state index contributed by atoms with van der Waals surface area (Å²) in [6, 6.07) is 33.7. The van der Waals surface area contributed by atoms with Gasteiger partial charge in [-0.15, -0.1) is 0 Å². The number of carbonyl (C=O) groups excluding carboxylic acids is 4. The van der Waals surface area contributed by atoms with Gasteiger partial charge in [0.1, 0.15) is 31.0 Å². The summed E-state index contributed by atoms with van der Waals surface area (Å²) in [5.41, 5.74) is 6.02.